The zero-order chi connectivity index (χ0) is 24.1. The highest BCUT2D eigenvalue weighted by Gasteiger charge is 2.35. The first kappa shape index (κ1) is 23.6. The van der Waals surface area contributed by atoms with Crippen molar-refractivity contribution in [3.05, 3.63) is 75.3 Å². The quantitative estimate of drug-likeness (QED) is 0.267. The van der Waals surface area contributed by atoms with Crippen LogP contribution in [0.25, 0.3) is 0 Å². The van der Waals surface area contributed by atoms with E-state index in [1.165, 1.54) is 18.2 Å². The Morgan fingerprint density at radius 1 is 1.03 bits per heavy atom. The number of nitro benzene ring substituents is 1. The third-order valence-corrected chi connectivity index (χ3v) is 5.02. The molecule has 1 atom stereocenters. The van der Waals surface area contributed by atoms with Gasteiger partial charge in [0.2, 0.25) is 5.91 Å². The Balaban J connectivity index is 1.73. The third-order valence-electron chi connectivity index (χ3n) is 5.02. The number of ether oxygens (including phenoxy) is 1. The number of nitro groups is 1. The van der Waals surface area contributed by atoms with E-state index in [0.717, 1.165) is 4.90 Å². The van der Waals surface area contributed by atoms with Crippen LogP contribution in [-0.4, -0.2) is 46.2 Å². The van der Waals surface area contributed by atoms with Crippen molar-refractivity contribution in [2.75, 3.05) is 6.54 Å². The highest BCUT2D eigenvalue weighted by molar-refractivity contribution is 6.21. The second-order valence-electron chi connectivity index (χ2n) is 7.74. The van der Waals surface area contributed by atoms with Crippen molar-refractivity contribution < 1.29 is 28.8 Å². The molecule has 0 spiro atoms. The molecule has 33 heavy (non-hydrogen) atoms. The third kappa shape index (κ3) is 5.40. The number of nitrogens with zero attached hydrogens (tertiary/aromatic N) is 2. The molecule has 1 aliphatic heterocycles. The number of benzene rings is 2. The molecule has 10 nitrogen and oxygen atoms in total. The molecule has 0 saturated carbocycles. The molecule has 2 aromatic rings. The van der Waals surface area contributed by atoms with Crippen LogP contribution >= 0.6 is 0 Å². The Bertz CT molecular complexity index is 1080. The summed E-state index contributed by atoms with van der Waals surface area (Å²) in [4.78, 5) is 61.7. The lowest BCUT2D eigenvalue weighted by atomic mass is 10.0. The maximum Gasteiger partial charge on any atom is 0.308 e. The molecule has 10 heteroatoms. The minimum atomic E-state index is -1.02. The van der Waals surface area contributed by atoms with Gasteiger partial charge < -0.3 is 10.1 Å². The van der Waals surface area contributed by atoms with Crippen LogP contribution in [0.15, 0.2) is 48.5 Å². The molecule has 0 aliphatic carbocycles. The fourth-order valence-electron chi connectivity index (χ4n) is 3.59. The molecule has 0 bridgehead atoms. The standard InChI is InChI=1S/C23H23N3O7/c1-14(2)33-21(28)13-18(17-9-5-6-10-19(17)26(31)32)24-20(27)11-12-25-22(29)15-7-3-4-8-16(15)23(25)30/h3-10,14,18H,11-13H2,1-2H3,(H,24,27). The average Bonchev–Trinajstić information content (AvgIpc) is 3.01. The Morgan fingerprint density at radius 3 is 2.18 bits per heavy atom. The first-order valence-electron chi connectivity index (χ1n) is 10.4. The summed E-state index contributed by atoms with van der Waals surface area (Å²) in [5, 5.41) is 14.1. The van der Waals surface area contributed by atoms with Crippen LogP contribution in [0, 0.1) is 10.1 Å². The normalized spacial score (nSPS) is 13.6. The number of imide groups is 1. The van der Waals surface area contributed by atoms with Gasteiger partial charge in [0, 0.05) is 19.0 Å². The zero-order valence-corrected chi connectivity index (χ0v) is 18.1. The number of fused-ring (bicyclic) bond motifs is 1. The molecule has 3 rings (SSSR count). The number of hydrogen-bond donors (Lipinski definition) is 1. The van der Waals surface area contributed by atoms with E-state index in [1.807, 2.05) is 0 Å². The van der Waals surface area contributed by atoms with Crippen molar-refractivity contribution in [2.24, 2.45) is 0 Å². The molecule has 2 aromatic carbocycles. The SMILES string of the molecule is CC(C)OC(=O)CC(NC(=O)CCN1C(=O)c2ccccc2C1=O)c1ccccc1[N+](=O)[O-]. The Hall–Kier alpha value is -4.08. The molecular weight excluding hydrogens is 430 g/mol. The van der Waals surface area contributed by atoms with E-state index in [4.69, 9.17) is 4.74 Å². The average molecular weight is 453 g/mol. The number of hydrogen-bond acceptors (Lipinski definition) is 7. The van der Waals surface area contributed by atoms with Crippen LogP contribution in [0.5, 0.6) is 0 Å². The Labute approximate surface area is 189 Å². The monoisotopic (exact) mass is 453 g/mol. The predicted octanol–water partition coefficient (Wildman–Crippen LogP) is 2.78. The summed E-state index contributed by atoms with van der Waals surface area (Å²) in [6.45, 7) is 3.16. The lowest BCUT2D eigenvalue weighted by Crippen LogP contribution is -2.36. The van der Waals surface area contributed by atoms with Gasteiger partial charge in [-0.05, 0) is 26.0 Å². The summed E-state index contributed by atoms with van der Waals surface area (Å²) >= 11 is 0. The molecule has 172 valence electrons. The van der Waals surface area contributed by atoms with E-state index in [9.17, 15) is 29.3 Å². The van der Waals surface area contributed by atoms with E-state index < -0.39 is 40.8 Å². The smallest absolute Gasteiger partial charge is 0.308 e. The van der Waals surface area contributed by atoms with Gasteiger partial charge in [-0.25, -0.2) is 0 Å². The molecular formula is C23H23N3O7. The van der Waals surface area contributed by atoms with Gasteiger partial charge >= 0.3 is 5.97 Å². The summed E-state index contributed by atoms with van der Waals surface area (Å²) in [6.07, 6.45) is -0.947. The van der Waals surface area contributed by atoms with Crippen molar-refractivity contribution in [3.8, 4) is 0 Å². The number of rotatable bonds is 9. The number of para-hydroxylation sites is 1. The molecule has 3 amide bonds. The summed E-state index contributed by atoms with van der Waals surface area (Å²) < 4.78 is 5.13. The molecule has 0 aromatic heterocycles. The molecule has 1 aliphatic rings. The Kier molecular flexibility index (Phi) is 7.17. The lowest BCUT2D eigenvalue weighted by molar-refractivity contribution is -0.385. The highest BCUT2D eigenvalue weighted by atomic mass is 16.6. The second kappa shape index (κ2) is 10.0. The van der Waals surface area contributed by atoms with E-state index >= 15 is 0 Å². The fraction of sp³-hybridized carbons (Fsp3) is 0.304. The van der Waals surface area contributed by atoms with E-state index in [-0.39, 0.29) is 41.8 Å². The maximum absolute atomic E-state index is 12.7. The van der Waals surface area contributed by atoms with Gasteiger partial charge in [0.15, 0.2) is 0 Å². The lowest BCUT2D eigenvalue weighted by Gasteiger charge is -2.20. The number of carbonyl (C=O) groups is 4. The molecule has 1 N–H and O–H groups in total. The number of amides is 3. The van der Waals surface area contributed by atoms with Gasteiger partial charge in [-0.15, -0.1) is 0 Å². The van der Waals surface area contributed by atoms with Gasteiger partial charge in [0.05, 0.1) is 40.2 Å². The van der Waals surface area contributed by atoms with Crippen molar-refractivity contribution in [3.63, 3.8) is 0 Å². The first-order chi connectivity index (χ1) is 15.7. The Morgan fingerprint density at radius 2 is 1.61 bits per heavy atom. The summed E-state index contributed by atoms with van der Waals surface area (Å²) in [7, 11) is 0. The first-order valence-corrected chi connectivity index (χ1v) is 10.4. The number of nitrogens with one attached hydrogen (secondary N) is 1. The molecule has 0 fully saturated rings. The largest absolute Gasteiger partial charge is 0.463 e. The van der Waals surface area contributed by atoms with Crippen molar-refractivity contribution in [1.82, 2.24) is 10.2 Å². The molecule has 0 radical (unpaired) electrons. The predicted molar refractivity (Wildman–Crippen MR) is 116 cm³/mol. The zero-order valence-electron chi connectivity index (χ0n) is 18.1. The molecule has 1 heterocycles. The van der Waals surface area contributed by atoms with E-state index in [2.05, 4.69) is 5.32 Å². The molecule has 0 saturated heterocycles. The summed E-state index contributed by atoms with van der Waals surface area (Å²) in [6, 6.07) is 11.1. The topological polar surface area (TPSA) is 136 Å². The van der Waals surface area contributed by atoms with Crippen LogP contribution in [0.4, 0.5) is 5.69 Å². The van der Waals surface area contributed by atoms with E-state index in [0.29, 0.717) is 0 Å². The number of carbonyl (C=O) groups excluding carboxylic acids is 4. The van der Waals surface area contributed by atoms with E-state index in [1.54, 1.807) is 44.2 Å². The summed E-state index contributed by atoms with van der Waals surface area (Å²) in [5.74, 6) is -2.18. The van der Waals surface area contributed by atoms with Gasteiger partial charge in [-0.1, -0.05) is 30.3 Å². The minimum absolute atomic E-state index is 0.150. The second-order valence-corrected chi connectivity index (χ2v) is 7.74. The maximum atomic E-state index is 12.7. The van der Waals surface area contributed by atoms with Crippen LogP contribution in [0.2, 0.25) is 0 Å². The van der Waals surface area contributed by atoms with Crippen molar-refractivity contribution >= 4 is 29.4 Å². The van der Waals surface area contributed by atoms with Gasteiger partial charge in [-0.2, -0.15) is 0 Å². The molecule has 1 unspecified atom stereocenters. The van der Waals surface area contributed by atoms with Gasteiger partial charge in [0.1, 0.15) is 0 Å². The minimum Gasteiger partial charge on any atom is -0.463 e. The number of esters is 1. The fourth-order valence-corrected chi connectivity index (χ4v) is 3.59. The van der Waals surface area contributed by atoms with Gasteiger partial charge in [-0.3, -0.25) is 34.2 Å². The van der Waals surface area contributed by atoms with Crippen molar-refractivity contribution in [1.29, 1.82) is 0 Å². The van der Waals surface area contributed by atoms with Crippen LogP contribution in [0.3, 0.4) is 0 Å². The van der Waals surface area contributed by atoms with Gasteiger partial charge in [0.25, 0.3) is 17.5 Å². The van der Waals surface area contributed by atoms with Crippen molar-refractivity contribution in [2.45, 2.75) is 38.8 Å². The highest BCUT2D eigenvalue weighted by Crippen LogP contribution is 2.28. The summed E-state index contributed by atoms with van der Waals surface area (Å²) in [5.41, 5.74) is 0.451. The van der Waals surface area contributed by atoms with Crippen LogP contribution < -0.4 is 5.32 Å². The van der Waals surface area contributed by atoms with Crippen LogP contribution in [-0.2, 0) is 14.3 Å². The van der Waals surface area contributed by atoms with Crippen LogP contribution in [0.1, 0.15) is 59.0 Å².